The van der Waals surface area contributed by atoms with Crippen molar-refractivity contribution in [2.24, 2.45) is 0 Å². The van der Waals surface area contributed by atoms with Gasteiger partial charge in [0.2, 0.25) is 0 Å². The van der Waals surface area contributed by atoms with Gasteiger partial charge in [-0.1, -0.05) is 23.9 Å². The first-order valence-electron chi connectivity index (χ1n) is 5.27. The summed E-state index contributed by atoms with van der Waals surface area (Å²) in [6.07, 6.45) is 1.72. The molecule has 1 aliphatic heterocycles. The first-order valence-corrected chi connectivity index (χ1v) is 6.09. The summed E-state index contributed by atoms with van der Waals surface area (Å²) in [6, 6.07) is 11.5. The minimum atomic E-state index is -0.00875. The predicted molar refractivity (Wildman–Crippen MR) is 67.5 cm³/mol. The molecule has 0 bridgehead atoms. The third-order valence-corrected chi connectivity index (χ3v) is 3.82. The second-order valence-electron chi connectivity index (χ2n) is 3.79. The highest BCUT2D eigenvalue weighted by Crippen LogP contribution is 2.39. The van der Waals surface area contributed by atoms with Crippen molar-refractivity contribution in [1.82, 2.24) is 4.98 Å². The number of rotatable bonds is 0. The van der Waals surface area contributed by atoms with Gasteiger partial charge in [0.15, 0.2) is 0 Å². The molecule has 0 aliphatic carbocycles. The molecule has 1 aromatic carbocycles. The molecule has 0 atom stereocenters. The van der Waals surface area contributed by atoms with Crippen LogP contribution in [-0.2, 0) is 0 Å². The van der Waals surface area contributed by atoms with Crippen LogP contribution in [0.1, 0.15) is 10.4 Å². The van der Waals surface area contributed by atoms with Crippen molar-refractivity contribution >= 4 is 23.4 Å². The van der Waals surface area contributed by atoms with E-state index in [0.717, 1.165) is 15.6 Å². The summed E-state index contributed by atoms with van der Waals surface area (Å²) in [5.74, 6) is -0.00875. The molecule has 1 amide bonds. The van der Waals surface area contributed by atoms with Crippen molar-refractivity contribution in [3.63, 3.8) is 0 Å². The Balaban J connectivity index is 2.24. The van der Waals surface area contributed by atoms with Gasteiger partial charge in [0.25, 0.3) is 5.91 Å². The van der Waals surface area contributed by atoms with Crippen LogP contribution in [0.2, 0.25) is 0 Å². The Morgan fingerprint density at radius 1 is 1.18 bits per heavy atom. The Hall–Kier alpha value is -1.81. The van der Waals surface area contributed by atoms with Gasteiger partial charge < -0.3 is 4.90 Å². The van der Waals surface area contributed by atoms with Crippen molar-refractivity contribution in [3.05, 3.63) is 48.2 Å². The number of fused-ring (bicyclic) bond motifs is 2. The molecular weight excluding hydrogens is 232 g/mol. The summed E-state index contributed by atoms with van der Waals surface area (Å²) in [7, 11) is 1.80. The van der Waals surface area contributed by atoms with Gasteiger partial charge in [0.1, 0.15) is 5.03 Å². The highest BCUT2D eigenvalue weighted by molar-refractivity contribution is 7.99. The number of carbonyl (C=O) groups excluding carboxylic acids is 1. The molecule has 3 rings (SSSR count). The summed E-state index contributed by atoms with van der Waals surface area (Å²) >= 11 is 1.54. The number of aromatic nitrogens is 1. The van der Waals surface area contributed by atoms with Crippen LogP contribution in [0.5, 0.6) is 0 Å². The molecule has 0 radical (unpaired) electrons. The number of para-hydroxylation sites is 1. The van der Waals surface area contributed by atoms with E-state index in [4.69, 9.17) is 0 Å². The van der Waals surface area contributed by atoms with E-state index in [2.05, 4.69) is 4.98 Å². The molecule has 0 unspecified atom stereocenters. The van der Waals surface area contributed by atoms with Gasteiger partial charge >= 0.3 is 0 Å². The van der Waals surface area contributed by atoms with Crippen LogP contribution < -0.4 is 4.90 Å². The lowest BCUT2D eigenvalue weighted by molar-refractivity contribution is 0.0989. The second-order valence-corrected chi connectivity index (χ2v) is 4.82. The van der Waals surface area contributed by atoms with Gasteiger partial charge in [0.05, 0.1) is 11.3 Å². The third kappa shape index (κ3) is 1.61. The Morgan fingerprint density at radius 2 is 2.00 bits per heavy atom. The SMILES string of the molecule is CN1C(=O)c2cccnc2Sc2ccccc21. The van der Waals surface area contributed by atoms with Gasteiger partial charge in [0, 0.05) is 18.1 Å². The first kappa shape index (κ1) is 10.4. The Kier molecular flexibility index (Phi) is 2.37. The number of pyridine rings is 1. The van der Waals surface area contributed by atoms with Gasteiger partial charge in [-0.05, 0) is 24.3 Å². The standard InChI is InChI=1S/C13H10N2OS/c1-15-10-6-2-3-7-11(10)17-12-9(13(15)16)5-4-8-14-12/h2-8H,1H3. The molecule has 17 heavy (non-hydrogen) atoms. The molecule has 2 aromatic rings. The molecule has 2 heterocycles. The molecule has 1 aromatic heterocycles. The van der Waals surface area contributed by atoms with Crippen LogP contribution in [0.25, 0.3) is 0 Å². The van der Waals surface area contributed by atoms with Crippen LogP contribution in [0.15, 0.2) is 52.5 Å². The summed E-state index contributed by atoms with van der Waals surface area (Å²) in [6.45, 7) is 0. The van der Waals surface area contributed by atoms with Gasteiger partial charge in [-0.3, -0.25) is 4.79 Å². The van der Waals surface area contributed by atoms with Crippen LogP contribution in [0.3, 0.4) is 0 Å². The smallest absolute Gasteiger partial charge is 0.260 e. The van der Waals surface area contributed by atoms with E-state index < -0.39 is 0 Å². The minimum absolute atomic E-state index is 0.00875. The van der Waals surface area contributed by atoms with Crippen molar-refractivity contribution in [3.8, 4) is 0 Å². The molecule has 0 N–H and O–H groups in total. The molecular formula is C13H10N2OS. The largest absolute Gasteiger partial charge is 0.310 e. The number of nitrogens with zero attached hydrogens (tertiary/aromatic N) is 2. The lowest BCUT2D eigenvalue weighted by atomic mass is 10.2. The highest BCUT2D eigenvalue weighted by atomic mass is 32.2. The van der Waals surface area contributed by atoms with Crippen LogP contribution >= 0.6 is 11.8 Å². The molecule has 84 valence electrons. The van der Waals surface area contributed by atoms with E-state index in [1.165, 1.54) is 11.8 Å². The Labute approximate surface area is 103 Å². The zero-order valence-corrected chi connectivity index (χ0v) is 10.1. The van der Waals surface area contributed by atoms with E-state index in [1.54, 1.807) is 24.2 Å². The van der Waals surface area contributed by atoms with Gasteiger partial charge in [-0.2, -0.15) is 0 Å². The third-order valence-electron chi connectivity index (χ3n) is 2.74. The topological polar surface area (TPSA) is 33.2 Å². The number of benzene rings is 1. The Morgan fingerprint density at radius 3 is 2.88 bits per heavy atom. The quantitative estimate of drug-likeness (QED) is 0.712. The number of anilines is 1. The van der Waals surface area contributed by atoms with Crippen molar-refractivity contribution in [2.45, 2.75) is 9.92 Å². The highest BCUT2D eigenvalue weighted by Gasteiger charge is 2.24. The van der Waals surface area contributed by atoms with Crippen molar-refractivity contribution < 1.29 is 4.79 Å². The molecule has 1 aliphatic rings. The zero-order chi connectivity index (χ0) is 11.8. The monoisotopic (exact) mass is 242 g/mol. The molecule has 4 heteroatoms. The minimum Gasteiger partial charge on any atom is -0.310 e. The van der Waals surface area contributed by atoms with Crippen molar-refractivity contribution in [2.75, 3.05) is 11.9 Å². The first-order chi connectivity index (χ1) is 8.27. The number of carbonyl (C=O) groups is 1. The maximum Gasteiger partial charge on any atom is 0.260 e. The number of hydrogen-bond acceptors (Lipinski definition) is 3. The molecule has 3 nitrogen and oxygen atoms in total. The summed E-state index contributed by atoms with van der Waals surface area (Å²) in [5.41, 5.74) is 1.59. The fourth-order valence-electron chi connectivity index (χ4n) is 1.85. The fraction of sp³-hybridized carbons (Fsp3) is 0.0769. The normalized spacial score (nSPS) is 13.9. The average molecular weight is 242 g/mol. The van der Waals surface area contributed by atoms with E-state index in [0.29, 0.717) is 5.56 Å². The summed E-state index contributed by atoms with van der Waals surface area (Å²) < 4.78 is 0. The predicted octanol–water partition coefficient (Wildman–Crippen LogP) is 2.82. The van der Waals surface area contributed by atoms with Gasteiger partial charge in [-0.25, -0.2) is 4.98 Å². The maximum absolute atomic E-state index is 12.3. The average Bonchev–Trinajstić information content (AvgIpc) is 2.48. The second kappa shape index (κ2) is 3.89. The van der Waals surface area contributed by atoms with E-state index in [-0.39, 0.29) is 5.91 Å². The summed E-state index contributed by atoms with van der Waals surface area (Å²) in [4.78, 5) is 19.3. The van der Waals surface area contributed by atoms with E-state index in [1.807, 2.05) is 30.3 Å². The number of hydrogen-bond donors (Lipinski definition) is 0. The lowest BCUT2D eigenvalue weighted by Crippen LogP contribution is -2.26. The number of amides is 1. The maximum atomic E-state index is 12.3. The van der Waals surface area contributed by atoms with Crippen LogP contribution in [0, 0.1) is 0 Å². The molecule has 0 spiro atoms. The van der Waals surface area contributed by atoms with E-state index in [9.17, 15) is 4.79 Å². The molecule has 0 saturated carbocycles. The lowest BCUT2D eigenvalue weighted by Gasteiger charge is -2.16. The fourth-order valence-corrected chi connectivity index (χ4v) is 2.89. The molecule has 0 fully saturated rings. The van der Waals surface area contributed by atoms with Crippen LogP contribution in [-0.4, -0.2) is 17.9 Å². The Bertz CT molecular complexity index is 597. The van der Waals surface area contributed by atoms with Crippen LogP contribution in [0.4, 0.5) is 5.69 Å². The molecule has 0 saturated heterocycles. The zero-order valence-electron chi connectivity index (χ0n) is 9.25. The van der Waals surface area contributed by atoms with Gasteiger partial charge in [-0.15, -0.1) is 0 Å². The van der Waals surface area contributed by atoms with E-state index >= 15 is 0 Å². The summed E-state index contributed by atoms with van der Waals surface area (Å²) in [5, 5.41) is 0.773. The van der Waals surface area contributed by atoms with Crippen molar-refractivity contribution in [1.29, 1.82) is 0 Å².